The van der Waals surface area contributed by atoms with E-state index in [-0.39, 0.29) is 11.5 Å². The van der Waals surface area contributed by atoms with E-state index >= 15 is 0 Å². The Morgan fingerprint density at radius 1 is 1.39 bits per heavy atom. The largest absolute Gasteiger partial charge is 0.458 e. The van der Waals surface area contributed by atoms with E-state index in [0.717, 1.165) is 5.56 Å². The van der Waals surface area contributed by atoms with Crippen LogP contribution in [0.15, 0.2) is 36.7 Å². The Hall–Kier alpha value is -1.86. The molecule has 3 rings (SSSR count). The van der Waals surface area contributed by atoms with E-state index in [9.17, 15) is 13.2 Å². The molecule has 8 heteroatoms. The quantitative estimate of drug-likeness (QED) is 0.784. The van der Waals surface area contributed by atoms with Gasteiger partial charge in [-0.2, -0.15) is 5.10 Å². The summed E-state index contributed by atoms with van der Waals surface area (Å²) in [6, 6.07) is 7.38. The zero-order chi connectivity index (χ0) is 16.4. The topological polar surface area (TPSA) is 78.3 Å². The molecule has 2 aromatic rings. The van der Waals surface area contributed by atoms with Gasteiger partial charge >= 0.3 is 5.97 Å². The van der Waals surface area contributed by atoms with Gasteiger partial charge in [0.25, 0.3) is 0 Å². The highest BCUT2D eigenvalue weighted by Crippen LogP contribution is 2.18. The maximum atomic E-state index is 12.0. The highest BCUT2D eigenvalue weighted by molar-refractivity contribution is 7.91. The van der Waals surface area contributed by atoms with Gasteiger partial charge in [-0.1, -0.05) is 29.8 Å². The molecule has 0 radical (unpaired) electrons. The van der Waals surface area contributed by atoms with Crippen molar-refractivity contribution in [1.29, 1.82) is 0 Å². The predicted octanol–water partition coefficient (Wildman–Crippen LogP) is 1.93. The van der Waals surface area contributed by atoms with Crippen molar-refractivity contribution in [3.8, 4) is 0 Å². The van der Waals surface area contributed by atoms with Crippen molar-refractivity contribution in [3.63, 3.8) is 0 Å². The standard InChI is InChI=1S/C15H15ClN2O4S/c16-14-4-2-1-3-11(14)8-18-9-12(7-17-18)15(19)22-13-5-6-23(20,21)10-13/h1-4,7,9,13H,5-6,8,10H2/t13-/m0/s1. The van der Waals surface area contributed by atoms with Crippen molar-refractivity contribution >= 4 is 27.4 Å². The summed E-state index contributed by atoms with van der Waals surface area (Å²) in [4.78, 5) is 12.0. The number of hydrogen-bond acceptors (Lipinski definition) is 5. The van der Waals surface area contributed by atoms with Crippen molar-refractivity contribution in [3.05, 3.63) is 52.8 Å². The summed E-state index contributed by atoms with van der Waals surface area (Å²) in [6.07, 6.45) is 2.75. The molecule has 6 nitrogen and oxygen atoms in total. The smallest absolute Gasteiger partial charge is 0.341 e. The summed E-state index contributed by atoms with van der Waals surface area (Å²) < 4.78 is 29.6. The number of sulfone groups is 1. The molecule has 0 unspecified atom stereocenters. The lowest BCUT2D eigenvalue weighted by Gasteiger charge is -2.08. The number of rotatable bonds is 4. The Morgan fingerprint density at radius 2 is 2.17 bits per heavy atom. The molecule has 1 aliphatic rings. The maximum absolute atomic E-state index is 12.0. The molecule has 1 aromatic carbocycles. The second-order valence-electron chi connectivity index (χ2n) is 5.45. The molecule has 1 atom stereocenters. The molecule has 1 aromatic heterocycles. The van der Waals surface area contributed by atoms with E-state index in [1.807, 2.05) is 18.2 Å². The van der Waals surface area contributed by atoms with Crippen molar-refractivity contribution in [2.24, 2.45) is 0 Å². The molecular weight excluding hydrogens is 340 g/mol. The van der Waals surface area contributed by atoms with Crippen LogP contribution in [0.5, 0.6) is 0 Å². The lowest BCUT2D eigenvalue weighted by atomic mass is 10.2. The Kier molecular flexibility index (Phi) is 4.41. The third kappa shape index (κ3) is 3.92. The first-order chi connectivity index (χ1) is 10.9. The first-order valence-electron chi connectivity index (χ1n) is 7.10. The van der Waals surface area contributed by atoms with Crippen molar-refractivity contribution in [1.82, 2.24) is 9.78 Å². The van der Waals surface area contributed by atoms with E-state index in [0.29, 0.717) is 23.6 Å². The molecule has 0 aliphatic carbocycles. The molecular formula is C15H15ClN2O4S. The fourth-order valence-electron chi connectivity index (χ4n) is 2.43. The number of aromatic nitrogens is 2. The highest BCUT2D eigenvalue weighted by atomic mass is 35.5. The number of halogens is 1. The molecule has 1 saturated heterocycles. The lowest BCUT2D eigenvalue weighted by Crippen LogP contribution is -2.19. The first-order valence-corrected chi connectivity index (χ1v) is 9.30. The average Bonchev–Trinajstić information content (AvgIpc) is 3.08. The van der Waals surface area contributed by atoms with Crippen LogP contribution >= 0.6 is 11.6 Å². The summed E-state index contributed by atoms with van der Waals surface area (Å²) >= 11 is 6.09. The van der Waals surface area contributed by atoms with Gasteiger partial charge in [0.05, 0.1) is 29.8 Å². The second-order valence-corrected chi connectivity index (χ2v) is 8.08. The maximum Gasteiger partial charge on any atom is 0.341 e. The minimum Gasteiger partial charge on any atom is -0.458 e. The summed E-state index contributed by atoms with van der Waals surface area (Å²) in [5, 5.41) is 4.74. The van der Waals surface area contributed by atoms with Crippen LogP contribution < -0.4 is 0 Å². The van der Waals surface area contributed by atoms with Gasteiger partial charge in [-0.05, 0) is 18.1 Å². The minimum absolute atomic E-state index is 0.0662. The monoisotopic (exact) mass is 354 g/mol. The lowest BCUT2D eigenvalue weighted by molar-refractivity contribution is 0.0356. The van der Waals surface area contributed by atoms with Gasteiger partial charge in [-0.25, -0.2) is 13.2 Å². The Balaban J connectivity index is 1.65. The van der Waals surface area contributed by atoms with Gasteiger partial charge in [0, 0.05) is 11.2 Å². The number of carbonyl (C=O) groups excluding carboxylic acids is 1. The van der Waals surface area contributed by atoms with Gasteiger partial charge in [-0.3, -0.25) is 4.68 Å². The molecule has 0 bridgehead atoms. The molecule has 122 valence electrons. The van der Waals surface area contributed by atoms with Crippen LogP contribution in [0.2, 0.25) is 5.02 Å². The van der Waals surface area contributed by atoms with Gasteiger partial charge in [-0.15, -0.1) is 0 Å². The zero-order valence-electron chi connectivity index (χ0n) is 12.2. The van der Waals surface area contributed by atoms with E-state index in [4.69, 9.17) is 16.3 Å². The molecule has 0 amide bonds. The minimum atomic E-state index is -3.08. The third-order valence-electron chi connectivity index (χ3n) is 3.62. The summed E-state index contributed by atoms with van der Waals surface area (Å²) in [6.45, 7) is 0.435. The van der Waals surface area contributed by atoms with Gasteiger partial charge in [0.1, 0.15) is 6.10 Å². The number of hydrogen-bond donors (Lipinski definition) is 0. The van der Waals surface area contributed by atoms with Crippen molar-refractivity contribution < 1.29 is 17.9 Å². The van der Waals surface area contributed by atoms with Crippen LogP contribution in [0.4, 0.5) is 0 Å². The molecule has 0 N–H and O–H groups in total. The number of benzene rings is 1. The van der Waals surface area contributed by atoms with Crippen LogP contribution in [-0.4, -0.2) is 41.8 Å². The van der Waals surface area contributed by atoms with Crippen molar-refractivity contribution in [2.45, 2.75) is 19.1 Å². The second kappa shape index (κ2) is 6.33. The molecule has 0 spiro atoms. The Labute approximate surface area is 138 Å². The fourth-order valence-corrected chi connectivity index (χ4v) is 4.22. The number of carbonyl (C=O) groups is 1. The fraction of sp³-hybridized carbons (Fsp3) is 0.333. The average molecular weight is 355 g/mol. The predicted molar refractivity (Wildman–Crippen MR) is 85.3 cm³/mol. The van der Waals surface area contributed by atoms with Crippen LogP contribution in [0.3, 0.4) is 0 Å². The Bertz CT molecular complexity index is 832. The Morgan fingerprint density at radius 3 is 2.87 bits per heavy atom. The normalized spacial score (nSPS) is 19.6. The van der Waals surface area contributed by atoms with Gasteiger partial charge in [0.2, 0.25) is 0 Å². The van der Waals surface area contributed by atoms with E-state index in [1.165, 1.54) is 6.20 Å². The molecule has 0 saturated carbocycles. The van der Waals surface area contributed by atoms with Gasteiger partial charge < -0.3 is 4.74 Å². The number of ether oxygens (including phenoxy) is 1. The van der Waals surface area contributed by atoms with Crippen LogP contribution in [-0.2, 0) is 21.1 Å². The molecule has 23 heavy (non-hydrogen) atoms. The molecule has 2 heterocycles. The first kappa shape index (κ1) is 16.0. The van der Waals surface area contributed by atoms with Crippen LogP contribution in [0, 0.1) is 0 Å². The highest BCUT2D eigenvalue weighted by Gasteiger charge is 2.31. The molecule has 1 aliphatic heterocycles. The molecule has 1 fully saturated rings. The van der Waals surface area contributed by atoms with Gasteiger partial charge in [0.15, 0.2) is 9.84 Å². The van der Waals surface area contributed by atoms with Crippen LogP contribution in [0.1, 0.15) is 22.3 Å². The van der Waals surface area contributed by atoms with E-state index in [1.54, 1.807) is 16.9 Å². The summed E-state index contributed by atoms with van der Waals surface area (Å²) in [5.41, 5.74) is 1.18. The van der Waals surface area contributed by atoms with Crippen molar-refractivity contribution in [2.75, 3.05) is 11.5 Å². The van der Waals surface area contributed by atoms with E-state index < -0.39 is 21.9 Å². The summed E-state index contributed by atoms with van der Waals surface area (Å²) in [7, 11) is -3.08. The SMILES string of the molecule is O=C(O[C@H]1CCS(=O)(=O)C1)c1cnn(Cc2ccccc2Cl)c1. The third-order valence-corrected chi connectivity index (χ3v) is 5.73. The summed E-state index contributed by atoms with van der Waals surface area (Å²) in [5.74, 6) is -0.596. The zero-order valence-corrected chi connectivity index (χ0v) is 13.8. The van der Waals surface area contributed by atoms with E-state index in [2.05, 4.69) is 5.10 Å². The number of esters is 1. The number of nitrogens with zero attached hydrogens (tertiary/aromatic N) is 2. The van der Waals surface area contributed by atoms with Crippen LogP contribution in [0.25, 0.3) is 0 Å².